The quantitative estimate of drug-likeness (QED) is 0.236. The second-order valence-corrected chi connectivity index (χ2v) is 8.40. The molecular formula is C23H18O3S2. The highest BCUT2D eigenvalue weighted by molar-refractivity contribution is 7.98. The molecule has 1 heterocycles. The number of hydrogen-bond donors (Lipinski definition) is 0. The van der Waals surface area contributed by atoms with E-state index < -0.39 is 5.97 Å². The minimum Gasteiger partial charge on any atom is -0.462 e. The number of esters is 1. The molecular weight excluding hydrogens is 388 g/mol. The molecule has 0 aliphatic rings. The second-order valence-electron chi connectivity index (χ2n) is 6.27. The van der Waals surface area contributed by atoms with E-state index in [1.807, 2.05) is 48.5 Å². The normalized spacial score (nSPS) is 11.0. The molecule has 0 aliphatic carbocycles. The van der Waals surface area contributed by atoms with Crippen LogP contribution in [0, 0.1) is 0 Å². The zero-order valence-corrected chi connectivity index (χ0v) is 16.9. The number of hydrogen-bond acceptors (Lipinski definition) is 5. The van der Waals surface area contributed by atoms with Crippen LogP contribution < -0.4 is 5.43 Å². The molecule has 140 valence electrons. The Morgan fingerprint density at radius 3 is 2.54 bits per heavy atom. The molecule has 28 heavy (non-hydrogen) atoms. The molecule has 3 aromatic carbocycles. The Morgan fingerprint density at radius 1 is 1.00 bits per heavy atom. The van der Waals surface area contributed by atoms with Gasteiger partial charge in [-0.3, -0.25) is 4.79 Å². The number of rotatable bonds is 5. The van der Waals surface area contributed by atoms with E-state index in [2.05, 4.69) is 12.1 Å². The Kier molecular flexibility index (Phi) is 5.46. The predicted octanol–water partition coefficient (Wildman–Crippen LogP) is 5.88. The minimum atomic E-state index is -0.446. The number of ether oxygens (including phenoxy) is 1. The van der Waals surface area contributed by atoms with Crippen LogP contribution in [-0.2, 0) is 10.5 Å². The fraction of sp³-hybridized carbons (Fsp3) is 0.130. The molecule has 0 aliphatic heterocycles. The van der Waals surface area contributed by atoms with E-state index >= 15 is 0 Å². The van der Waals surface area contributed by atoms with Gasteiger partial charge in [0, 0.05) is 25.4 Å². The third-order valence-electron chi connectivity index (χ3n) is 4.38. The number of carbonyl (C=O) groups is 1. The number of thioether (sulfide) groups is 1. The second kappa shape index (κ2) is 8.17. The first-order valence-electron chi connectivity index (χ1n) is 9.01. The van der Waals surface area contributed by atoms with E-state index in [0.29, 0.717) is 22.1 Å². The summed E-state index contributed by atoms with van der Waals surface area (Å²) in [5.41, 5.74) is 1.24. The molecule has 0 radical (unpaired) electrons. The summed E-state index contributed by atoms with van der Waals surface area (Å²) >= 11 is 3.23. The third kappa shape index (κ3) is 3.68. The smallest absolute Gasteiger partial charge is 0.338 e. The highest BCUT2D eigenvalue weighted by atomic mass is 32.2. The van der Waals surface area contributed by atoms with E-state index in [0.717, 1.165) is 19.9 Å². The molecule has 0 atom stereocenters. The maximum absolute atomic E-state index is 13.1. The molecule has 0 saturated heterocycles. The first-order valence-corrected chi connectivity index (χ1v) is 10.8. The lowest BCUT2D eigenvalue weighted by atomic mass is 10.1. The van der Waals surface area contributed by atoms with Crippen molar-refractivity contribution in [3.05, 3.63) is 88.1 Å². The lowest BCUT2D eigenvalue weighted by Gasteiger charge is -2.10. The molecule has 0 unspecified atom stereocenters. The summed E-state index contributed by atoms with van der Waals surface area (Å²) in [6.07, 6.45) is 0. The SMILES string of the molecule is CCOC(=O)c1cc(CSc2ccccc2)cc2sc3ccccc3c(=O)c12. The van der Waals surface area contributed by atoms with Crippen molar-refractivity contribution < 1.29 is 9.53 Å². The van der Waals surface area contributed by atoms with Gasteiger partial charge in [0.05, 0.1) is 17.6 Å². The number of benzene rings is 3. The van der Waals surface area contributed by atoms with Crippen LogP contribution in [0.2, 0.25) is 0 Å². The highest BCUT2D eigenvalue weighted by Crippen LogP contribution is 2.31. The van der Waals surface area contributed by atoms with Gasteiger partial charge >= 0.3 is 5.97 Å². The van der Waals surface area contributed by atoms with Gasteiger partial charge in [-0.15, -0.1) is 23.1 Å². The number of fused-ring (bicyclic) bond motifs is 2. The molecule has 5 heteroatoms. The maximum Gasteiger partial charge on any atom is 0.338 e. The fourth-order valence-electron chi connectivity index (χ4n) is 3.12. The van der Waals surface area contributed by atoms with Crippen LogP contribution in [-0.4, -0.2) is 12.6 Å². The number of carbonyl (C=O) groups excluding carboxylic acids is 1. The largest absolute Gasteiger partial charge is 0.462 e. The molecule has 0 fully saturated rings. The average Bonchev–Trinajstić information content (AvgIpc) is 2.72. The van der Waals surface area contributed by atoms with Crippen LogP contribution in [0.4, 0.5) is 0 Å². The monoisotopic (exact) mass is 406 g/mol. The zero-order chi connectivity index (χ0) is 19.5. The highest BCUT2D eigenvalue weighted by Gasteiger charge is 2.18. The maximum atomic E-state index is 13.1. The van der Waals surface area contributed by atoms with Crippen molar-refractivity contribution in [1.29, 1.82) is 0 Å². The van der Waals surface area contributed by atoms with Crippen LogP contribution in [0.25, 0.3) is 20.2 Å². The van der Waals surface area contributed by atoms with Gasteiger partial charge in [-0.05, 0) is 48.9 Å². The molecule has 0 amide bonds. The third-order valence-corrected chi connectivity index (χ3v) is 6.59. The molecule has 4 aromatic rings. The van der Waals surface area contributed by atoms with Gasteiger partial charge in [0.15, 0.2) is 5.43 Å². The van der Waals surface area contributed by atoms with Crippen LogP contribution in [0.1, 0.15) is 22.8 Å². The Balaban J connectivity index is 1.86. The van der Waals surface area contributed by atoms with E-state index in [1.165, 1.54) is 11.3 Å². The van der Waals surface area contributed by atoms with Gasteiger partial charge in [-0.25, -0.2) is 4.79 Å². The van der Waals surface area contributed by atoms with E-state index in [1.54, 1.807) is 24.8 Å². The topological polar surface area (TPSA) is 43.4 Å². The Hall–Kier alpha value is -2.63. The summed E-state index contributed by atoms with van der Waals surface area (Å²) in [4.78, 5) is 26.9. The summed E-state index contributed by atoms with van der Waals surface area (Å²) in [7, 11) is 0. The summed E-state index contributed by atoms with van der Waals surface area (Å²) in [5, 5.41) is 1.09. The average molecular weight is 407 g/mol. The molecule has 0 saturated carbocycles. The van der Waals surface area contributed by atoms with Crippen molar-refractivity contribution in [3.8, 4) is 0 Å². The predicted molar refractivity (Wildman–Crippen MR) is 118 cm³/mol. The summed E-state index contributed by atoms with van der Waals surface area (Å²) in [6, 6.07) is 21.5. The lowest BCUT2D eigenvalue weighted by Crippen LogP contribution is -2.12. The van der Waals surface area contributed by atoms with Gasteiger partial charge in [0.1, 0.15) is 0 Å². The summed E-state index contributed by atoms with van der Waals surface area (Å²) in [6.45, 7) is 2.04. The molecule has 1 aromatic heterocycles. The first kappa shape index (κ1) is 18.7. The fourth-order valence-corrected chi connectivity index (χ4v) is 5.14. The first-order chi connectivity index (χ1) is 13.7. The molecule has 0 bridgehead atoms. The van der Waals surface area contributed by atoms with Gasteiger partial charge < -0.3 is 4.74 Å². The minimum absolute atomic E-state index is 0.116. The van der Waals surface area contributed by atoms with Crippen LogP contribution in [0.15, 0.2) is 76.4 Å². The van der Waals surface area contributed by atoms with Crippen molar-refractivity contribution in [2.75, 3.05) is 6.61 Å². The molecule has 0 N–H and O–H groups in total. The van der Waals surface area contributed by atoms with Gasteiger partial charge in [-0.1, -0.05) is 30.3 Å². The van der Waals surface area contributed by atoms with Crippen LogP contribution in [0.3, 0.4) is 0 Å². The van der Waals surface area contributed by atoms with Crippen LogP contribution in [0.5, 0.6) is 0 Å². The van der Waals surface area contributed by atoms with Gasteiger partial charge in [0.25, 0.3) is 0 Å². The van der Waals surface area contributed by atoms with Crippen molar-refractivity contribution in [2.24, 2.45) is 0 Å². The van der Waals surface area contributed by atoms with Crippen molar-refractivity contribution >= 4 is 49.2 Å². The van der Waals surface area contributed by atoms with E-state index in [9.17, 15) is 9.59 Å². The van der Waals surface area contributed by atoms with Gasteiger partial charge in [-0.2, -0.15) is 0 Å². The zero-order valence-electron chi connectivity index (χ0n) is 15.3. The van der Waals surface area contributed by atoms with Crippen molar-refractivity contribution in [3.63, 3.8) is 0 Å². The van der Waals surface area contributed by atoms with Crippen molar-refractivity contribution in [1.82, 2.24) is 0 Å². The van der Waals surface area contributed by atoms with Crippen molar-refractivity contribution in [2.45, 2.75) is 17.6 Å². The Morgan fingerprint density at radius 2 is 1.75 bits per heavy atom. The molecule has 0 spiro atoms. The van der Waals surface area contributed by atoms with Crippen LogP contribution >= 0.6 is 23.1 Å². The van der Waals surface area contributed by atoms with Gasteiger partial charge in [0.2, 0.25) is 0 Å². The standard InChI is InChI=1S/C23H18O3S2/c1-2-26-23(25)18-12-15(14-27-16-8-4-3-5-9-16)13-20-21(18)22(24)17-10-6-7-11-19(17)28-20/h3-13H,2,14H2,1H3. The Bertz CT molecular complexity index is 1210. The van der Waals surface area contributed by atoms with E-state index in [4.69, 9.17) is 4.74 Å². The lowest BCUT2D eigenvalue weighted by molar-refractivity contribution is 0.0528. The molecule has 4 rings (SSSR count). The molecule has 3 nitrogen and oxygen atoms in total. The Labute approximate surface area is 171 Å². The van der Waals surface area contributed by atoms with E-state index in [-0.39, 0.29) is 12.0 Å². The summed E-state index contributed by atoms with van der Waals surface area (Å²) in [5.74, 6) is 0.263. The summed E-state index contributed by atoms with van der Waals surface area (Å²) < 4.78 is 6.98.